The number of rotatable bonds is 5. The minimum Gasteiger partial charge on any atom is -0.479 e. The normalized spacial score (nSPS) is 13.4. The highest BCUT2D eigenvalue weighted by molar-refractivity contribution is 5.85. The molecule has 0 saturated carbocycles. The number of hydrogen-bond acceptors (Lipinski definition) is 4. The fraction of sp³-hybridized carbons (Fsp3) is 0.160. The Morgan fingerprint density at radius 3 is 2.38 bits per heavy atom. The molecule has 0 radical (unpaired) electrons. The van der Waals surface area contributed by atoms with Gasteiger partial charge in [-0.2, -0.15) is 5.10 Å². The number of carboxylic acid groups (broad SMARTS) is 1. The van der Waals surface area contributed by atoms with E-state index in [9.17, 15) is 14.7 Å². The van der Waals surface area contributed by atoms with Gasteiger partial charge in [0.25, 0.3) is 0 Å². The summed E-state index contributed by atoms with van der Waals surface area (Å²) in [5.41, 5.74) is 5.78. The Morgan fingerprint density at radius 1 is 1.06 bits per heavy atom. The first kappa shape index (κ1) is 19.8. The molecular weight excluding hydrogens is 406 g/mol. The topological polar surface area (TPSA) is 93.5 Å². The van der Waals surface area contributed by atoms with Crippen molar-refractivity contribution in [2.75, 3.05) is 6.61 Å². The number of hydrogen-bond donors (Lipinski definition) is 2. The minimum absolute atomic E-state index is 0.0943. The molecule has 32 heavy (non-hydrogen) atoms. The smallest absolute Gasteiger partial charge is 0.408 e. The van der Waals surface area contributed by atoms with Crippen LogP contribution in [0.5, 0.6) is 0 Å². The van der Waals surface area contributed by atoms with E-state index in [-0.39, 0.29) is 12.5 Å². The monoisotopic (exact) mass is 427 g/mol. The van der Waals surface area contributed by atoms with Crippen LogP contribution in [0.3, 0.4) is 0 Å². The number of carboxylic acids is 1. The second-order valence-electron chi connectivity index (χ2n) is 7.83. The molecule has 0 spiro atoms. The average molecular weight is 427 g/mol. The Balaban J connectivity index is 1.33. The number of ether oxygens (including phenoxy) is 1. The summed E-state index contributed by atoms with van der Waals surface area (Å²) < 4.78 is 7.21. The number of aliphatic carboxylic acids is 1. The van der Waals surface area contributed by atoms with Gasteiger partial charge in [-0.15, -0.1) is 0 Å². The first-order valence-corrected chi connectivity index (χ1v) is 10.3. The molecule has 0 bridgehead atoms. The number of fused-ring (bicyclic) bond motifs is 4. The van der Waals surface area contributed by atoms with Crippen molar-refractivity contribution >= 4 is 23.0 Å². The highest BCUT2D eigenvalue weighted by Gasteiger charge is 2.30. The Hall–Kier alpha value is -4.13. The van der Waals surface area contributed by atoms with Crippen LogP contribution in [0.2, 0.25) is 0 Å². The van der Waals surface area contributed by atoms with E-state index in [4.69, 9.17) is 4.74 Å². The lowest BCUT2D eigenvalue weighted by atomic mass is 9.98. The Morgan fingerprint density at radius 2 is 1.72 bits per heavy atom. The lowest BCUT2D eigenvalue weighted by Crippen LogP contribution is -2.34. The van der Waals surface area contributed by atoms with Gasteiger partial charge in [0.05, 0.1) is 11.7 Å². The number of nitrogens with zero attached hydrogens (tertiary/aromatic N) is 2. The van der Waals surface area contributed by atoms with Gasteiger partial charge >= 0.3 is 12.1 Å². The van der Waals surface area contributed by atoms with Gasteiger partial charge in [-0.1, -0.05) is 54.6 Å². The van der Waals surface area contributed by atoms with E-state index in [0.717, 1.165) is 33.2 Å². The van der Waals surface area contributed by atoms with E-state index in [2.05, 4.69) is 22.5 Å². The lowest BCUT2D eigenvalue weighted by Gasteiger charge is -2.18. The van der Waals surface area contributed by atoms with E-state index in [1.165, 1.54) is 0 Å². The lowest BCUT2D eigenvalue weighted by molar-refractivity contribution is -0.139. The summed E-state index contributed by atoms with van der Waals surface area (Å²) in [6.45, 7) is 0.119. The first-order chi connectivity index (χ1) is 15.5. The molecule has 2 N–H and O–H groups in total. The van der Waals surface area contributed by atoms with Crippen molar-refractivity contribution in [3.63, 3.8) is 0 Å². The van der Waals surface area contributed by atoms with Crippen LogP contribution in [0, 0.1) is 0 Å². The maximum Gasteiger partial charge on any atom is 0.408 e. The van der Waals surface area contributed by atoms with Crippen molar-refractivity contribution < 1.29 is 19.4 Å². The number of alkyl carbamates (subject to hydrolysis) is 1. The van der Waals surface area contributed by atoms with Crippen LogP contribution in [-0.2, 0) is 16.6 Å². The van der Waals surface area contributed by atoms with Crippen LogP contribution >= 0.6 is 0 Å². The van der Waals surface area contributed by atoms with Crippen molar-refractivity contribution in [2.24, 2.45) is 7.05 Å². The molecule has 4 aromatic rings. The second-order valence-corrected chi connectivity index (χ2v) is 7.83. The summed E-state index contributed by atoms with van der Waals surface area (Å²) >= 11 is 0. The number of aryl methyl sites for hydroxylation is 1. The zero-order valence-corrected chi connectivity index (χ0v) is 17.4. The highest BCUT2D eigenvalue weighted by atomic mass is 16.5. The first-order valence-electron chi connectivity index (χ1n) is 10.3. The summed E-state index contributed by atoms with van der Waals surface area (Å²) in [6.07, 6.45) is 0.885. The van der Waals surface area contributed by atoms with Crippen molar-refractivity contribution in [1.29, 1.82) is 0 Å². The molecular formula is C25H21N3O4. The molecule has 1 heterocycles. The molecule has 3 aromatic carbocycles. The number of nitrogens with one attached hydrogen (secondary N) is 1. The molecule has 0 aliphatic heterocycles. The third-order valence-corrected chi connectivity index (χ3v) is 5.96. The Labute approximate surface area is 184 Å². The number of amides is 1. The summed E-state index contributed by atoms with van der Waals surface area (Å²) in [4.78, 5) is 24.4. The molecule has 1 aliphatic rings. The van der Waals surface area contributed by atoms with E-state index < -0.39 is 18.1 Å². The van der Waals surface area contributed by atoms with Gasteiger partial charge in [0, 0.05) is 18.4 Å². The van der Waals surface area contributed by atoms with Crippen LogP contribution in [0.15, 0.2) is 72.9 Å². The fourth-order valence-electron chi connectivity index (χ4n) is 4.41. The Bertz CT molecular complexity index is 1300. The van der Waals surface area contributed by atoms with Gasteiger partial charge < -0.3 is 15.2 Å². The van der Waals surface area contributed by atoms with Crippen molar-refractivity contribution in [3.05, 3.63) is 89.6 Å². The zero-order chi connectivity index (χ0) is 22.2. The molecule has 1 amide bonds. The van der Waals surface area contributed by atoms with E-state index in [1.54, 1.807) is 29.1 Å². The van der Waals surface area contributed by atoms with Crippen molar-refractivity contribution in [2.45, 2.75) is 12.0 Å². The maximum atomic E-state index is 12.6. The third kappa shape index (κ3) is 3.37. The summed E-state index contributed by atoms with van der Waals surface area (Å²) in [5.74, 6) is -1.26. The molecule has 1 aliphatic carbocycles. The van der Waals surface area contributed by atoms with E-state index >= 15 is 0 Å². The molecule has 1 atom stereocenters. The van der Waals surface area contributed by atoms with Crippen LogP contribution in [0.25, 0.3) is 22.0 Å². The van der Waals surface area contributed by atoms with Crippen LogP contribution in [0.4, 0.5) is 4.79 Å². The van der Waals surface area contributed by atoms with Crippen molar-refractivity contribution in [3.8, 4) is 11.1 Å². The van der Waals surface area contributed by atoms with Gasteiger partial charge in [0.1, 0.15) is 6.61 Å². The molecule has 7 heteroatoms. The van der Waals surface area contributed by atoms with Gasteiger partial charge in [-0.05, 0) is 39.9 Å². The van der Waals surface area contributed by atoms with Crippen LogP contribution in [0.1, 0.15) is 28.7 Å². The number of carbonyl (C=O) groups excluding carboxylic acids is 1. The third-order valence-electron chi connectivity index (χ3n) is 5.96. The molecule has 1 unspecified atom stereocenters. The van der Waals surface area contributed by atoms with E-state index in [0.29, 0.717) is 5.56 Å². The predicted molar refractivity (Wildman–Crippen MR) is 119 cm³/mol. The quantitative estimate of drug-likeness (QED) is 0.497. The highest BCUT2D eigenvalue weighted by Crippen LogP contribution is 2.44. The van der Waals surface area contributed by atoms with E-state index in [1.807, 2.05) is 43.4 Å². The zero-order valence-electron chi connectivity index (χ0n) is 17.4. The minimum atomic E-state index is -1.23. The number of aromatic nitrogens is 2. The largest absolute Gasteiger partial charge is 0.479 e. The standard InChI is InChI=1S/C25H21N3O4/c1-28-22-11-10-15(12-16(22)13-26-28)23(24(29)30)27-25(31)32-14-21-19-8-4-2-6-17(19)18-7-3-5-9-20(18)21/h2-13,21,23H,14H2,1H3,(H,27,31)(H,29,30). The summed E-state index contributed by atoms with van der Waals surface area (Å²) in [6, 6.07) is 20.0. The van der Waals surface area contributed by atoms with Crippen LogP contribution in [-0.4, -0.2) is 33.6 Å². The molecule has 160 valence electrons. The molecule has 5 rings (SSSR count). The molecule has 0 fully saturated rings. The average Bonchev–Trinajstić information content (AvgIpc) is 3.33. The second kappa shape index (κ2) is 7.85. The number of carbonyl (C=O) groups is 2. The molecule has 1 aromatic heterocycles. The molecule has 0 saturated heterocycles. The summed E-state index contributed by atoms with van der Waals surface area (Å²) in [7, 11) is 1.81. The fourth-order valence-corrected chi connectivity index (χ4v) is 4.41. The van der Waals surface area contributed by atoms with Gasteiger partial charge in [-0.25, -0.2) is 9.59 Å². The van der Waals surface area contributed by atoms with Gasteiger partial charge in [0.2, 0.25) is 0 Å². The van der Waals surface area contributed by atoms with Gasteiger partial charge in [-0.3, -0.25) is 4.68 Å². The predicted octanol–water partition coefficient (Wildman–Crippen LogP) is 4.24. The SMILES string of the molecule is Cn1ncc2cc(C(NC(=O)OCC3c4ccccc4-c4ccccc43)C(=O)O)ccc21. The molecule has 7 nitrogen and oxygen atoms in total. The Kier molecular flexibility index (Phi) is 4.86. The van der Waals surface area contributed by atoms with Crippen LogP contribution < -0.4 is 5.32 Å². The van der Waals surface area contributed by atoms with Gasteiger partial charge in [0.15, 0.2) is 6.04 Å². The maximum absolute atomic E-state index is 12.6. The number of benzene rings is 3. The summed E-state index contributed by atoms with van der Waals surface area (Å²) in [5, 5.41) is 17.2. The van der Waals surface area contributed by atoms with Crippen molar-refractivity contribution in [1.82, 2.24) is 15.1 Å².